The van der Waals surface area contributed by atoms with E-state index in [1.54, 1.807) is 0 Å². The summed E-state index contributed by atoms with van der Waals surface area (Å²) in [7, 11) is 0. The average Bonchev–Trinajstić information content (AvgIpc) is 2.86. The lowest BCUT2D eigenvalue weighted by Crippen LogP contribution is -2.33. The highest BCUT2D eigenvalue weighted by atomic mass is 32.2. The van der Waals surface area contributed by atoms with Crippen molar-refractivity contribution in [1.82, 2.24) is 5.32 Å². The Bertz CT molecular complexity index is 550. The molecule has 1 aromatic carbocycles. The second-order valence-electron chi connectivity index (χ2n) is 5.02. The first-order valence-corrected chi connectivity index (χ1v) is 7.96. The zero-order valence-electron chi connectivity index (χ0n) is 11.7. The molecule has 2 rings (SSSR count). The van der Waals surface area contributed by atoms with E-state index in [1.807, 2.05) is 11.8 Å². The van der Waals surface area contributed by atoms with Gasteiger partial charge in [-0.15, -0.1) is 0 Å². The molecule has 1 aliphatic rings. The molecule has 1 aromatic rings. The van der Waals surface area contributed by atoms with E-state index in [0.717, 1.165) is 37.1 Å². The molecule has 0 bridgehead atoms. The lowest BCUT2D eigenvalue weighted by atomic mass is 10.1. The Morgan fingerprint density at radius 3 is 2.95 bits per heavy atom. The molecule has 0 spiro atoms. The highest BCUT2D eigenvalue weighted by Gasteiger charge is 2.28. The maximum atomic E-state index is 12.2. The molecule has 1 aliphatic carbocycles. The smallest absolute Gasteiger partial charge is 0.282 e. The molecule has 6 nitrogen and oxygen atoms in total. The molecule has 7 heteroatoms. The van der Waals surface area contributed by atoms with Crippen molar-refractivity contribution in [3.63, 3.8) is 0 Å². The number of hydrogen-bond donors (Lipinski definition) is 2. The molecule has 0 saturated heterocycles. The molecule has 21 heavy (non-hydrogen) atoms. The zero-order chi connectivity index (χ0) is 15.4. The van der Waals surface area contributed by atoms with Crippen molar-refractivity contribution in [2.24, 2.45) is 0 Å². The summed E-state index contributed by atoms with van der Waals surface area (Å²) in [5.41, 5.74) is -0.380. The molecule has 1 fully saturated rings. The molecule has 2 N–H and O–H groups in total. The molecule has 0 aliphatic heterocycles. The zero-order valence-corrected chi connectivity index (χ0v) is 12.6. The molecular formula is C14H18N2O4S. The Morgan fingerprint density at radius 1 is 1.52 bits per heavy atom. The Balaban J connectivity index is 2.07. The van der Waals surface area contributed by atoms with E-state index in [1.165, 1.54) is 6.07 Å². The van der Waals surface area contributed by atoms with Gasteiger partial charge in [-0.3, -0.25) is 14.9 Å². The lowest BCUT2D eigenvalue weighted by molar-refractivity contribution is -0.385. The van der Waals surface area contributed by atoms with Crippen LogP contribution < -0.4 is 5.32 Å². The third kappa shape index (κ3) is 3.87. The van der Waals surface area contributed by atoms with Crippen LogP contribution in [0.2, 0.25) is 0 Å². The Labute approximate surface area is 127 Å². The maximum Gasteiger partial charge on any atom is 0.282 e. The number of nitro groups is 1. The summed E-state index contributed by atoms with van der Waals surface area (Å²) in [5, 5.41) is 23.8. The van der Waals surface area contributed by atoms with Crippen LogP contribution in [0.1, 0.15) is 36.5 Å². The Morgan fingerprint density at radius 2 is 2.29 bits per heavy atom. The number of nitrogens with zero attached hydrogens (tertiary/aromatic N) is 1. The third-order valence-corrected chi connectivity index (χ3v) is 4.78. The van der Waals surface area contributed by atoms with Gasteiger partial charge in [0.25, 0.3) is 11.6 Å². The number of nitro benzene ring substituents is 1. The monoisotopic (exact) mass is 310 g/mol. The molecule has 0 radical (unpaired) electrons. The number of aromatic hydroxyl groups is 1. The minimum absolute atomic E-state index is 0.0449. The fraction of sp³-hybridized carbons (Fsp3) is 0.500. The van der Waals surface area contributed by atoms with Crippen molar-refractivity contribution in [2.75, 3.05) is 5.75 Å². The van der Waals surface area contributed by atoms with E-state index in [0.29, 0.717) is 5.25 Å². The number of nitrogens with one attached hydrogen (secondary N) is 1. The van der Waals surface area contributed by atoms with Gasteiger partial charge in [-0.25, -0.2) is 0 Å². The van der Waals surface area contributed by atoms with Crippen molar-refractivity contribution in [1.29, 1.82) is 0 Å². The van der Waals surface area contributed by atoms with Crippen LogP contribution in [0.25, 0.3) is 0 Å². The van der Waals surface area contributed by atoms with Crippen molar-refractivity contribution in [3.05, 3.63) is 33.9 Å². The molecule has 114 valence electrons. The van der Waals surface area contributed by atoms with Crippen LogP contribution >= 0.6 is 11.8 Å². The second kappa shape index (κ2) is 6.80. The van der Waals surface area contributed by atoms with Gasteiger partial charge in [-0.2, -0.15) is 11.8 Å². The van der Waals surface area contributed by atoms with E-state index in [-0.39, 0.29) is 23.0 Å². The van der Waals surface area contributed by atoms with Gasteiger partial charge < -0.3 is 10.4 Å². The normalized spacial score (nSPS) is 21.2. The first-order valence-electron chi connectivity index (χ1n) is 6.91. The highest BCUT2D eigenvalue weighted by molar-refractivity contribution is 7.99. The fourth-order valence-electron chi connectivity index (χ4n) is 2.59. The Hall–Kier alpha value is -1.76. The molecule has 0 heterocycles. The number of carbonyl (C=O) groups is 1. The van der Waals surface area contributed by atoms with Gasteiger partial charge in [0.05, 0.1) is 4.92 Å². The fourth-order valence-corrected chi connectivity index (χ4v) is 3.73. The number of phenols is 1. The number of rotatable bonds is 5. The van der Waals surface area contributed by atoms with Gasteiger partial charge in [0.1, 0.15) is 11.3 Å². The minimum atomic E-state index is -0.612. The van der Waals surface area contributed by atoms with E-state index >= 15 is 0 Å². The SMILES string of the molecule is CCSC1CCC(NC(=O)c2cc(O)ccc2[N+](=O)[O-])C1. The molecule has 1 amide bonds. The Kier molecular flexibility index (Phi) is 5.06. The maximum absolute atomic E-state index is 12.2. The first-order chi connectivity index (χ1) is 10.0. The van der Waals surface area contributed by atoms with Crippen LogP contribution in [-0.4, -0.2) is 33.0 Å². The lowest BCUT2D eigenvalue weighted by Gasteiger charge is -2.13. The quantitative estimate of drug-likeness (QED) is 0.644. The molecular weight excluding hydrogens is 292 g/mol. The summed E-state index contributed by atoms with van der Waals surface area (Å²) in [5.74, 6) is 0.393. The summed E-state index contributed by atoms with van der Waals surface area (Å²) < 4.78 is 0. The number of benzene rings is 1. The summed E-state index contributed by atoms with van der Waals surface area (Å²) in [6.45, 7) is 2.10. The van der Waals surface area contributed by atoms with Crippen molar-refractivity contribution >= 4 is 23.4 Å². The minimum Gasteiger partial charge on any atom is -0.508 e. The van der Waals surface area contributed by atoms with Crippen molar-refractivity contribution in [3.8, 4) is 5.75 Å². The van der Waals surface area contributed by atoms with Crippen LogP contribution in [0, 0.1) is 10.1 Å². The van der Waals surface area contributed by atoms with Gasteiger partial charge in [0, 0.05) is 17.4 Å². The first kappa shape index (κ1) is 15.6. The average molecular weight is 310 g/mol. The van der Waals surface area contributed by atoms with E-state index in [9.17, 15) is 20.0 Å². The summed E-state index contributed by atoms with van der Waals surface area (Å²) in [4.78, 5) is 22.5. The van der Waals surface area contributed by atoms with Crippen molar-refractivity contribution < 1.29 is 14.8 Å². The predicted molar refractivity (Wildman–Crippen MR) is 81.8 cm³/mol. The van der Waals surface area contributed by atoms with Crippen LogP contribution in [-0.2, 0) is 0 Å². The number of amides is 1. The van der Waals surface area contributed by atoms with Gasteiger partial charge in [0.2, 0.25) is 0 Å². The number of hydrogen-bond acceptors (Lipinski definition) is 5. The topological polar surface area (TPSA) is 92.5 Å². The molecule has 1 saturated carbocycles. The predicted octanol–water partition coefficient (Wildman–Crippen LogP) is 2.70. The largest absolute Gasteiger partial charge is 0.508 e. The molecule has 2 atom stereocenters. The van der Waals surface area contributed by atoms with Crippen LogP contribution in [0.3, 0.4) is 0 Å². The molecule has 2 unspecified atom stereocenters. The summed E-state index contributed by atoms with van der Waals surface area (Å²) in [6.07, 6.45) is 2.82. The van der Waals surface area contributed by atoms with Gasteiger partial charge in [-0.1, -0.05) is 6.92 Å². The number of thioether (sulfide) groups is 1. The van der Waals surface area contributed by atoms with E-state index < -0.39 is 10.8 Å². The van der Waals surface area contributed by atoms with Crippen LogP contribution in [0.15, 0.2) is 18.2 Å². The van der Waals surface area contributed by atoms with Crippen LogP contribution in [0.5, 0.6) is 5.75 Å². The van der Waals surface area contributed by atoms with Crippen molar-refractivity contribution in [2.45, 2.75) is 37.5 Å². The molecule has 0 aromatic heterocycles. The number of phenolic OH excluding ortho intramolecular Hbond substituents is 1. The van der Waals surface area contributed by atoms with E-state index in [4.69, 9.17) is 0 Å². The van der Waals surface area contributed by atoms with E-state index in [2.05, 4.69) is 12.2 Å². The summed E-state index contributed by atoms with van der Waals surface area (Å²) in [6, 6.07) is 3.54. The van der Waals surface area contributed by atoms with Crippen LogP contribution in [0.4, 0.5) is 5.69 Å². The van der Waals surface area contributed by atoms with Gasteiger partial charge in [-0.05, 0) is 37.1 Å². The van der Waals surface area contributed by atoms with Gasteiger partial charge >= 0.3 is 0 Å². The standard InChI is InChI=1S/C14H18N2O4S/c1-2-21-11-5-3-9(7-11)15-14(18)12-8-10(17)4-6-13(12)16(19)20/h4,6,8-9,11,17H,2-3,5,7H2,1H3,(H,15,18). The summed E-state index contributed by atoms with van der Waals surface area (Å²) >= 11 is 1.88. The second-order valence-corrected chi connectivity index (χ2v) is 6.60. The number of carbonyl (C=O) groups excluding carboxylic acids is 1. The highest BCUT2D eigenvalue weighted by Crippen LogP contribution is 2.30. The van der Waals surface area contributed by atoms with Gasteiger partial charge in [0.15, 0.2) is 0 Å². The third-order valence-electron chi connectivity index (χ3n) is 3.54.